The molecule has 1 amide bonds. The summed E-state index contributed by atoms with van der Waals surface area (Å²) in [5.41, 5.74) is 1.63. The summed E-state index contributed by atoms with van der Waals surface area (Å²) in [6.07, 6.45) is 1.65. The lowest BCUT2D eigenvalue weighted by Gasteiger charge is -2.16. The van der Waals surface area contributed by atoms with Gasteiger partial charge in [0.15, 0.2) is 0 Å². The molecule has 126 valence electrons. The third kappa shape index (κ3) is 2.89. The number of carboxylic acids is 1. The molecule has 1 aromatic heterocycles. The monoisotopic (exact) mass is 347 g/mol. The van der Waals surface area contributed by atoms with Crippen molar-refractivity contribution in [1.29, 1.82) is 0 Å². The second-order valence-electron chi connectivity index (χ2n) is 6.18. The zero-order valence-corrected chi connectivity index (χ0v) is 14.2. The Morgan fingerprint density at radius 2 is 2.00 bits per heavy atom. The van der Waals surface area contributed by atoms with E-state index < -0.39 is 11.9 Å². The van der Waals surface area contributed by atoms with Crippen molar-refractivity contribution < 1.29 is 14.7 Å². The third-order valence-corrected chi connectivity index (χ3v) is 4.73. The Labute approximate surface area is 144 Å². The number of aromatic nitrogens is 2. The van der Waals surface area contributed by atoms with Gasteiger partial charge in [-0.3, -0.25) is 14.3 Å². The van der Waals surface area contributed by atoms with Crippen molar-refractivity contribution in [3.63, 3.8) is 0 Å². The number of halogens is 1. The summed E-state index contributed by atoms with van der Waals surface area (Å²) < 4.78 is 1.57. The third-order valence-electron chi connectivity index (χ3n) is 4.40. The number of carboxylic acid groups (broad SMARTS) is 1. The number of likely N-dealkylation sites (tertiary alicyclic amines) is 1. The molecule has 2 heterocycles. The first-order valence-corrected chi connectivity index (χ1v) is 8.07. The Morgan fingerprint density at radius 1 is 1.29 bits per heavy atom. The molecule has 0 bridgehead atoms. The van der Waals surface area contributed by atoms with Crippen LogP contribution in [0, 0.1) is 11.8 Å². The molecule has 0 aliphatic carbocycles. The average Bonchev–Trinajstić information content (AvgIpc) is 3.10. The van der Waals surface area contributed by atoms with E-state index in [0.29, 0.717) is 28.4 Å². The first-order valence-electron chi connectivity index (χ1n) is 7.69. The molecule has 1 saturated heterocycles. The number of benzene rings is 1. The van der Waals surface area contributed by atoms with Gasteiger partial charge in [0.05, 0.1) is 16.5 Å². The smallest absolute Gasteiger partial charge is 0.308 e. The van der Waals surface area contributed by atoms with E-state index in [1.165, 1.54) is 0 Å². The topological polar surface area (TPSA) is 75.4 Å². The highest BCUT2D eigenvalue weighted by Crippen LogP contribution is 2.31. The van der Waals surface area contributed by atoms with Gasteiger partial charge in [-0.2, -0.15) is 5.10 Å². The standard InChI is InChI=1S/C17H18ClN3O3/c1-10-7-21(9-12(10)17(23)24)16(22)13-8-20(2)19-15(13)11-5-3-4-6-14(11)18/h3-6,8,10,12H,7,9H2,1-2H3,(H,23,24)/t10-,12-/m1/s1. The normalized spacial score (nSPS) is 20.4. The van der Waals surface area contributed by atoms with Crippen LogP contribution in [-0.2, 0) is 11.8 Å². The molecule has 0 radical (unpaired) electrons. The minimum Gasteiger partial charge on any atom is -0.481 e. The van der Waals surface area contributed by atoms with Gasteiger partial charge in [0, 0.05) is 31.9 Å². The molecule has 2 aromatic rings. The van der Waals surface area contributed by atoms with Gasteiger partial charge in [0.25, 0.3) is 5.91 Å². The first-order chi connectivity index (χ1) is 11.4. The van der Waals surface area contributed by atoms with Gasteiger partial charge < -0.3 is 10.0 Å². The number of carbonyl (C=O) groups is 2. The molecule has 6 nitrogen and oxygen atoms in total. The summed E-state index contributed by atoms with van der Waals surface area (Å²) in [5, 5.41) is 14.1. The molecule has 0 saturated carbocycles. The van der Waals surface area contributed by atoms with Crippen molar-refractivity contribution in [1.82, 2.24) is 14.7 Å². The quantitative estimate of drug-likeness (QED) is 0.925. The van der Waals surface area contributed by atoms with Crippen molar-refractivity contribution in [2.75, 3.05) is 13.1 Å². The van der Waals surface area contributed by atoms with E-state index in [-0.39, 0.29) is 18.4 Å². The lowest BCUT2D eigenvalue weighted by molar-refractivity contribution is -0.142. The van der Waals surface area contributed by atoms with Crippen LogP contribution in [0.4, 0.5) is 0 Å². The SMILES string of the molecule is C[C@@H]1CN(C(=O)c2cn(C)nc2-c2ccccc2Cl)C[C@H]1C(=O)O. The molecule has 1 aliphatic rings. The highest BCUT2D eigenvalue weighted by atomic mass is 35.5. The summed E-state index contributed by atoms with van der Waals surface area (Å²) in [7, 11) is 1.74. The van der Waals surface area contributed by atoms with Gasteiger partial charge in [-0.1, -0.05) is 36.7 Å². The van der Waals surface area contributed by atoms with Crippen LogP contribution in [0.25, 0.3) is 11.3 Å². The fourth-order valence-corrected chi connectivity index (χ4v) is 3.35. The lowest BCUT2D eigenvalue weighted by atomic mass is 9.99. The highest BCUT2D eigenvalue weighted by molar-refractivity contribution is 6.33. The zero-order chi connectivity index (χ0) is 17.4. The predicted octanol–water partition coefficient (Wildman–Crippen LogP) is 2.53. The van der Waals surface area contributed by atoms with Crippen LogP contribution in [0.15, 0.2) is 30.5 Å². The van der Waals surface area contributed by atoms with Gasteiger partial charge in [0.1, 0.15) is 5.69 Å². The van der Waals surface area contributed by atoms with Gasteiger partial charge >= 0.3 is 5.97 Å². The van der Waals surface area contributed by atoms with Gasteiger partial charge in [-0.25, -0.2) is 0 Å². The fourth-order valence-electron chi connectivity index (χ4n) is 3.12. The van der Waals surface area contributed by atoms with Crippen molar-refractivity contribution in [3.8, 4) is 11.3 Å². The second-order valence-corrected chi connectivity index (χ2v) is 6.58. The van der Waals surface area contributed by atoms with E-state index in [1.54, 1.807) is 28.9 Å². The number of amides is 1. The van der Waals surface area contributed by atoms with Crippen LogP contribution in [0.1, 0.15) is 17.3 Å². The van der Waals surface area contributed by atoms with E-state index in [2.05, 4.69) is 5.10 Å². The molecule has 7 heteroatoms. The predicted molar refractivity (Wildman–Crippen MR) is 89.8 cm³/mol. The number of hydrogen-bond donors (Lipinski definition) is 1. The highest BCUT2D eigenvalue weighted by Gasteiger charge is 2.38. The second kappa shape index (κ2) is 6.28. The summed E-state index contributed by atoms with van der Waals surface area (Å²) in [5.74, 6) is -1.69. The van der Waals surface area contributed by atoms with Crippen molar-refractivity contribution in [3.05, 3.63) is 41.0 Å². The molecule has 1 fully saturated rings. The van der Waals surface area contributed by atoms with Crippen LogP contribution >= 0.6 is 11.6 Å². The molecule has 0 unspecified atom stereocenters. The fraction of sp³-hybridized carbons (Fsp3) is 0.353. The molecular formula is C17H18ClN3O3. The Balaban J connectivity index is 1.95. The van der Waals surface area contributed by atoms with E-state index in [4.69, 9.17) is 11.6 Å². The molecule has 0 spiro atoms. The van der Waals surface area contributed by atoms with Gasteiger partial charge in [0.2, 0.25) is 0 Å². The number of nitrogens with zero attached hydrogens (tertiary/aromatic N) is 3. The lowest BCUT2D eigenvalue weighted by Crippen LogP contribution is -2.30. The Kier molecular flexibility index (Phi) is 4.32. The minimum absolute atomic E-state index is 0.0770. The van der Waals surface area contributed by atoms with E-state index in [9.17, 15) is 14.7 Å². The zero-order valence-electron chi connectivity index (χ0n) is 13.4. The van der Waals surface area contributed by atoms with Crippen molar-refractivity contribution in [2.24, 2.45) is 18.9 Å². The molecule has 24 heavy (non-hydrogen) atoms. The van der Waals surface area contributed by atoms with Crippen LogP contribution in [0.5, 0.6) is 0 Å². The Bertz CT molecular complexity index is 802. The number of hydrogen-bond acceptors (Lipinski definition) is 3. The van der Waals surface area contributed by atoms with E-state index in [0.717, 1.165) is 0 Å². The summed E-state index contributed by atoms with van der Waals surface area (Å²) in [6, 6.07) is 7.21. The molecule has 3 rings (SSSR count). The Hall–Kier alpha value is -2.34. The molecule has 1 N–H and O–H groups in total. The summed E-state index contributed by atoms with van der Waals surface area (Å²) in [4.78, 5) is 25.8. The van der Waals surface area contributed by atoms with E-state index >= 15 is 0 Å². The summed E-state index contributed by atoms with van der Waals surface area (Å²) in [6.45, 7) is 2.49. The van der Waals surface area contributed by atoms with E-state index in [1.807, 2.05) is 25.1 Å². The summed E-state index contributed by atoms with van der Waals surface area (Å²) >= 11 is 6.24. The molecule has 1 aromatic carbocycles. The van der Waals surface area contributed by atoms with Crippen molar-refractivity contribution >= 4 is 23.5 Å². The van der Waals surface area contributed by atoms with Gasteiger partial charge in [-0.05, 0) is 12.0 Å². The molecule has 2 atom stereocenters. The molecular weight excluding hydrogens is 330 g/mol. The molecule has 1 aliphatic heterocycles. The maximum Gasteiger partial charge on any atom is 0.308 e. The first kappa shape index (κ1) is 16.5. The number of aryl methyl sites for hydroxylation is 1. The van der Waals surface area contributed by atoms with Gasteiger partial charge in [-0.15, -0.1) is 0 Å². The van der Waals surface area contributed by atoms with Crippen LogP contribution in [0.3, 0.4) is 0 Å². The van der Waals surface area contributed by atoms with Crippen molar-refractivity contribution in [2.45, 2.75) is 6.92 Å². The number of carbonyl (C=O) groups excluding carboxylic acids is 1. The van der Waals surface area contributed by atoms with Crippen LogP contribution in [-0.4, -0.2) is 44.8 Å². The van der Waals surface area contributed by atoms with Crippen LogP contribution < -0.4 is 0 Å². The maximum absolute atomic E-state index is 12.9. The minimum atomic E-state index is -0.865. The largest absolute Gasteiger partial charge is 0.481 e. The number of aliphatic carboxylic acids is 1. The Morgan fingerprint density at radius 3 is 2.62 bits per heavy atom. The average molecular weight is 348 g/mol. The maximum atomic E-state index is 12.9. The number of rotatable bonds is 3. The van der Waals surface area contributed by atoms with Crippen LogP contribution in [0.2, 0.25) is 5.02 Å².